The van der Waals surface area contributed by atoms with Crippen LogP contribution in [0.2, 0.25) is 0 Å². The van der Waals surface area contributed by atoms with Gasteiger partial charge in [0.15, 0.2) is 0 Å². The molecule has 6 heteroatoms. The molecule has 0 aliphatic heterocycles. The second-order valence-corrected chi connectivity index (χ2v) is 6.83. The summed E-state index contributed by atoms with van der Waals surface area (Å²) in [6, 6.07) is 15.8. The zero-order valence-corrected chi connectivity index (χ0v) is 15.8. The van der Waals surface area contributed by atoms with Crippen LogP contribution in [0.3, 0.4) is 0 Å². The Hall–Kier alpha value is -2.44. The van der Waals surface area contributed by atoms with Gasteiger partial charge in [-0.3, -0.25) is 5.43 Å². The highest BCUT2D eigenvalue weighted by Crippen LogP contribution is 2.26. The standard InChI is InChI=1S/C19H16BrN3OS/c1-2-11-24-18-6-4-3-5-15(18)12-21-23-19-22-17(13-25-19)14-7-9-16(20)10-8-14/h2-10,12-13H,1,11H2,(H,22,23)/b21-12-. The molecule has 25 heavy (non-hydrogen) atoms. The molecular formula is C19H16BrN3OS. The van der Waals surface area contributed by atoms with E-state index in [1.54, 1.807) is 12.3 Å². The van der Waals surface area contributed by atoms with Gasteiger partial charge >= 0.3 is 0 Å². The third kappa shape index (κ3) is 4.78. The lowest BCUT2D eigenvalue weighted by Crippen LogP contribution is -1.97. The fraction of sp³-hybridized carbons (Fsp3) is 0.0526. The van der Waals surface area contributed by atoms with E-state index in [9.17, 15) is 0 Å². The minimum atomic E-state index is 0.460. The number of ether oxygens (including phenoxy) is 1. The van der Waals surface area contributed by atoms with Crippen LogP contribution in [0.5, 0.6) is 5.75 Å². The average Bonchev–Trinajstić information content (AvgIpc) is 3.10. The second kappa shape index (κ2) is 8.60. The smallest absolute Gasteiger partial charge is 0.203 e. The van der Waals surface area contributed by atoms with Gasteiger partial charge in [0.1, 0.15) is 12.4 Å². The minimum Gasteiger partial charge on any atom is -0.489 e. The van der Waals surface area contributed by atoms with Gasteiger partial charge in [-0.2, -0.15) is 5.10 Å². The Morgan fingerprint density at radius 3 is 2.80 bits per heavy atom. The van der Waals surface area contributed by atoms with E-state index < -0.39 is 0 Å². The third-order valence-electron chi connectivity index (χ3n) is 3.28. The van der Waals surface area contributed by atoms with Gasteiger partial charge in [0.25, 0.3) is 0 Å². The van der Waals surface area contributed by atoms with E-state index in [-0.39, 0.29) is 0 Å². The maximum absolute atomic E-state index is 5.61. The predicted octanol–water partition coefficient (Wildman–Crippen LogP) is 5.58. The lowest BCUT2D eigenvalue weighted by molar-refractivity contribution is 0.363. The molecule has 0 saturated heterocycles. The number of hydrazone groups is 1. The minimum absolute atomic E-state index is 0.460. The van der Waals surface area contributed by atoms with Crippen LogP contribution in [0, 0.1) is 0 Å². The number of thiazole rings is 1. The number of hydrogen-bond acceptors (Lipinski definition) is 5. The summed E-state index contributed by atoms with van der Waals surface area (Å²) in [5, 5.41) is 7.00. The normalized spacial score (nSPS) is 10.8. The Kier molecular flexibility index (Phi) is 5.98. The first-order valence-electron chi connectivity index (χ1n) is 7.59. The quantitative estimate of drug-likeness (QED) is 0.312. The number of nitrogens with one attached hydrogen (secondary N) is 1. The molecule has 4 nitrogen and oxygen atoms in total. The van der Waals surface area contributed by atoms with E-state index in [4.69, 9.17) is 4.74 Å². The molecule has 0 unspecified atom stereocenters. The maximum Gasteiger partial charge on any atom is 0.203 e. The van der Waals surface area contributed by atoms with E-state index in [1.165, 1.54) is 11.3 Å². The van der Waals surface area contributed by atoms with Crippen LogP contribution in [0.4, 0.5) is 5.13 Å². The largest absolute Gasteiger partial charge is 0.489 e. The highest BCUT2D eigenvalue weighted by molar-refractivity contribution is 9.10. The third-order valence-corrected chi connectivity index (χ3v) is 4.56. The molecule has 0 amide bonds. The first kappa shape index (κ1) is 17.4. The van der Waals surface area contributed by atoms with E-state index in [2.05, 4.69) is 38.0 Å². The van der Waals surface area contributed by atoms with Crippen LogP contribution in [0.15, 0.2) is 76.1 Å². The van der Waals surface area contributed by atoms with Crippen molar-refractivity contribution in [1.29, 1.82) is 0 Å². The predicted molar refractivity (Wildman–Crippen MR) is 109 cm³/mol. The van der Waals surface area contributed by atoms with E-state index >= 15 is 0 Å². The summed E-state index contributed by atoms with van der Waals surface area (Å²) in [7, 11) is 0. The number of anilines is 1. The Labute approximate surface area is 159 Å². The van der Waals surface area contributed by atoms with Gasteiger partial charge in [0.05, 0.1) is 11.9 Å². The lowest BCUT2D eigenvalue weighted by Gasteiger charge is -2.05. The molecule has 0 saturated carbocycles. The number of halogens is 1. The maximum atomic E-state index is 5.61. The van der Waals surface area contributed by atoms with Gasteiger partial charge in [-0.05, 0) is 24.3 Å². The number of para-hydroxylation sites is 1. The van der Waals surface area contributed by atoms with E-state index in [0.717, 1.165) is 32.2 Å². The van der Waals surface area contributed by atoms with Crippen LogP contribution in [-0.4, -0.2) is 17.8 Å². The SMILES string of the molecule is C=CCOc1ccccc1/C=N\Nc1nc(-c2ccc(Br)cc2)cs1. The molecule has 0 fully saturated rings. The number of hydrogen-bond donors (Lipinski definition) is 1. The molecule has 0 radical (unpaired) electrons. The van der Waals surface area contributed by atoms with Crippen molar-refractivity contribution in [3.63, 3.8) is 0 Å². The molecule has 0 spiro atoms. The van der Waals surface area contributed by atoms with Gasteiger partial charge in [-0.15, -0.1) is 11.3 Å². The van der Waals surface area contributed by atoms with Crippen molar-refractivity contribution < 1.29 is 4.74 Å². The molecule has 1 heterocycles. The van der Waals surface area contributed by atoms with Gasteiger partial charge < -0.3 is 4.74 Å². The molecule has 3 aromatic rings. The summed E-state index contributed by atoms with van der Waals surface area (Å²) < 4.78 is 6.65. The summed E-state index contributed by atoms with van der Waals surface area (Å²) in [6.45, 7) is 4.12. The van der Waals surface area contributed by atoms with Gasteiger partial charge in [0.2, 0.25) is 5.13 Å². The van der Waals surface area contributed by atoms with Crippen LogP contribution in [0.25, 0.3) is 11.3 Å². The van der Waals surface area contributed by atoms with E-state index in [0.29, 0.717) is 6.61 Å². The van der Waals surface area contributed by atoms with E-state index in [1.807, 2.05) is 53.9 Å². The summed E-state index contributed by atoms with van der Waals surface area (Å²) in [5.41, 5.74) is 5.85. The molecule has 0 aliphatic rings. The molecule has 1 aromatic heterocycles. The fourth-order valence-electron chi connectivity index (χ4n) is 2.10. The second-order valence-electron chi connectivity index (χ2n) is 5.05. The summed E-state index contributed by atoms with van der Waals surface area (Å²) >= 11 is 4.95. The van der Waals surface area contributed by atoms with Crippen molar-refractivity contribution in [1.82, 2.24) is 4.98 Å². The van der Waals surface area contributed by atoms with Crippen molar-refractivity contribution in [3.8, 4) is 17.0 Å². The van der Waals surface area contributed by atoms with Crippen molar-refractivity contribution in [2.45, 2.75) is 0 Å². The van der Waals surface area contributed by atoms with Crippen molar-refractivity contribution >= 4 is 38.6 Å². The molecule has 126 valence electrons. The van der Waals surface area contributed by atoms with Crippen molar-refractivity contribution in [3.05, 3.63) is 76.6 Å². The number of aromatic nitrogens is 1. The van der Waals surface area contributed by atoms with Crippen LogP contribution >= 0.6 is 27.3 Å². The molecule has 1 N–H and O–H groups in total. The zero-order chi connectivity index (χ0) is 17.5. The monoisotopic (exact) mass is 413 g/mol. The molecule has 2 aromatic carbocycles. The topological polar surface area (TPSA) is 46.5 Å². The average molecular weight is 414 g/mol. The molecular weight excluding hydrogens is 398 g/mol. The molecule has 3 rings (SSSR count). The van der Waals surface area contributed by atoms with Gasteiger partial charge in [-0.1, -0.05) is 52.9 Å². The Bertz CT molecular complexity index is 874. The molecule has 0 atom stereocenters. The highest BCUT2D eigenvalue weighted by Gasteiger charge is 2.04. The van der Waals surface area contributed by atoms with Crippen molar-refractivity contribution in [2.75, 3.05) is 12.0 Å². The molecule has 0 bridgehead atoms. The van der Waals surface area contributed by atoms with Crippen molar-refractivity contribution in [2.24, 2.45) is 5.10 Å². The number of rotatable bonds is 7. The highest BCUT2D eigenvalue weighted by atomic mass is 79.9. The van der Waals surface area contributed by atoms with Crippen LogP contribution in [0.1, 0.15) is 5.56 Å². The lowest BCUT2D eigenvalue weighted by atomic mass is 10.2. The van der Waals surface area contributed by atoms with Crippen LogP contribution < -0.4 is 10.2 Å². The summed E-state index contributed by atoms with van der Waals surface area (Å²) in [4.78, 5) is 4.55. The summed E-state index contributed by atoms with van der Waals surface area (Å²) in [5.74, 6) is 0.766. The first-order valence-corrected chi connectivity index (χ1v) is 9.27. The Morgan fingerprint density at radius 2 is 2.00 bits per heavy atom. The Morgan fingerprint density at radius 1 is 1.20 bits per heavy atom. The summed E-state index contributed by atoms with van der Waals surface area (Å²) in [6.07, 6.45) is 3.44. The Balaban J connectivity index is 1.67. The van der Waals surface area contributed by atoms with Crippen LogP contribution in [-0.2, 0) is 0 Å². The zero-order valence-electron chi connectivity index (χ0n) is 13.4. The number of benzene rings is 2. The van der Waals surface area contributed by atoms with Gasteiger partial charge in [-0.25, -0.2) is 4.98 Å². The molecule has 0 aliphatic carbocycles. The number of nitrogens with zero attached hydrogens (tertiary/aromatic N) is 2. The van der Waals surface area contributed by atoms with Gasteiger partial charge in [0, 0.05) is 21.0 Å². The fourth-order valence-corrected chi connectivity index (χ4v) is 3.04. The first-order chi connectivity index (χ1) is 12.3.